The monoisotopic (exact) mass is 560 g/mol. The number of alkyl carbamates (subject to hydrolysis) is 1. The fraction of sp³-hybridized carbons (Fsp3) is 0.667. The summed E-state index contributed by atoms with van der Waals surface area (Å²) in [4.78, 5) is 54.4. The summed E-state index contributed by atoms with van der Waals surface area (Å²) in [6.45, 7) is 11.0. The predicted octanol–water partition coefficient (Wildman–Crippen LogP) is 4.30. The molecule has 0 bridgehead atoms. The first-order valence-electron chi connectivity index (χ1n) is 14.4. The van der Waals surface area contributed by atoms with Crippen LogP contribution in [0, 0.1) is 5.92 Å². The minimum Gasteiger partial charge on any atom is -0.508 e. The number of nitrogens with zero attached hydrogens (tertiary/aromatic N) is 1. The molecule has 0 spiro atoms. The van der Waals surface area contributed by atoms with Gasteiger partial charge in [0.25, 0.3) is 0 Å². The summed E-state index contributed by atoms with van der Waals surface area (Å²) < 4.78 is 5.34. The van der Waals surface area contributed by atoms with Crippen molar-refractivity contribution >= 4 is 23.8 Å². The smallest absolute Gasteiger partial charge is 0.408 e. The molecule has 0 radical (unpaired) electrons. The first-order chi connectivity index (χ1) is 18.7. The summed E-state index contributed by atoms with van der Waals surface area (Å²) in [6, 6.07) is 3.33. The Morgan fingerprint density at radius 1 is 1.07 bits per heavy atom. The highest BCUT2D eigenvalue weighted by Crippen LogP contribution is 2.30. The number of benzene rings is 1. The van der Waals surface area contributed by atoms with Gasteiger partial charge in [0, 0.05) is 12.1 Å². The molecule has 1 fully saturated rings. The molecule has 0 heterocycles. The van der Waals surface area contributed by atoms with E-state index in [0.717, 1.165) is 38.5 Å². The Kier molecular flexibility index (Phi) is 12.3. The molecule has 0 saturated heterocycles. The Morgan fingerprint density at radius 2 is 1.73 bits per heavy atom. The van der Waals surface area contributed by atoms with Crippen molar-refractivity contribution in [3.8, 4) is 5.75 Å². The van der Waals surface area contributed by atoms with E-state index >= 15 is 0 Å². The molecule has 4 amide bonds. The van der Waals surface area contributed by atoms with E-state index in [4.69, 9.17) is 10.5 Å². The molecule has 0 aromatic heterocycles. The van der Waals surface area contributed by atoms with E-state index in [2.05, 4.69) is 24.5 Å². The van der Waals surface area contributed by atoms with Gasteiger partial charge in [0.05, 0.1) is 6.42 Å². The van der Waals surface area contributed by atoms with Crippen molar-refractivity contribution < 1.29 is 29.0 Å². The van der Waals surface area contributed by atoms with Crippen molar-refractivity contribution in [2.45, 2.75) is 123 Å². The van der Waals surface area contributed by atoms with Crippen LogP contribution >= 0.6 is 0 Å². The largest absolute Gasteiger partial charge is 0.508 e. The van der Waals surface area contributed by atoms with Crippen LogP contribution in [0.1, 0.15) is 105 Å². The van der Waals surface area contributed by atoms with Crippen LogP contribution in [0.25, 0.3) is 0 Å². The van der Waals surface area contributed by atoms with E-state index in [9.17, 15) is 24.3 Å². The van der Waals surface area contributed by atoms with E-state index in [1.54, 1.807) is 32.9 Å². The van der Waals surface area contributed by atoms with Gasteiger partial charge in [-0.3, -0.25) is 14.4 Å². The van der Waals surface area contributed by atoms with Gasteiger partial charge in [-0.05, 0) is 77.0 Å². The Hall–Kier alpha value is -3.30. The molecule has 1 aliphatic rings. The lowest BCUT2D eigenvalue weighted by Gasteiger charge is -2.39. The molecule has 3 atom stereocenters. The van der Waals surface area contributed by atoms with Crippen LogP contribution in [-0.4, -0.2) is 57.5 Å². The summed E-state index contributed by atoms with van der Waals surface area (Å²) in [5.41, 5.74) is 5.07. The number of hydrogen-bond acceptors (Lipinski definition) is 6. The SMILES string of the molecule is CC(C)CCC(C)N(C(=O)C(CC(N)=O)NC(=O)OC(C)(C)C)C(C(=O)NC1CCCCC1)c1cccc(O)c1. The summed E-state index contributed by atoms with van der Waals surface area (Å²) in [7, 11) is 0. The first-order valence-corrected chi connectivity index (χ1v) is 14.4. The Balaban J connectivity index is 2.56. The van der Waals surface area contributed by atoms with E-state index in [1.807, 2.05) is 6.92 Å². The lowest BCUT2D eigenvalue weighted by Crippen LogP contribution is -2.57. The number of hydrogen-bond donors (Lipinski definition) is 4. The van der Waals surface area contributed by atoms with Crippen LogP contribution in [-0.2, 0) is 19.1 Å². The van der Waals surface area contributed by atoms with Gasteiger partial charge in [-0.1, -0.05) is 45.2 Å². The van der Waals surface area contributed by atoms with Crippen LogP contribution in [0.3, 0.4) is 0 Å². The minimum atomic E-state index is -1.35. The number of nitrogens with two attached hydrogens (primary N) is 1. The molecule has 1 saturated carbocycles. The molecular weight excluding hydrogens is 512 g/mol. The van der Waals surface area contributed by atoms with Gasteiger partial charge in [-0.15, -0.1) is 0 Å². The standard InChI is InChI=1S/C30H48N4O6/c1-19(2)15-16-20(3)34(28(38)24(18-25(31)36)33-29(39)40-30(4,5)6)26(21-11-10-14-23(35)17-21)27(37)32-22-12-8-7-9-13-22/h10-11,14,17,19-20,22,24,26,35H,7-9,12-13,15-16,18H2,1-6H3,(H2,31,36)(H,32,37)(H,33,39). The van der Waals surface area contributed by atoms with Crippen molar-refractivity contribution in [1.29, 1.82) is 0 Å². The van der Waals surface area contributed by atoms with Crippen molar-refractivity contribution in [3.63, 3.8) is 0 Å². The van der Waals surface area contributed by atoms with E-state index in [0.29, 0.717) is 17.9 Å². The highest BCUT2D eigenvalue weighted by Gasteiger charge is 2.40. The van der Waals surface area contributed by atoms with Gasteiger partial charge < -0.3 is 31.1 Å². The number of phenolic OH excluding ortho intramolecular Hbond substituents is 1. The van der Waals surface area contributed by atoms with Crippen LogP contribution < -0.4 is 16.4 Å². The zero-order valence-electron chi connectivity index (χ0n) is 24.9. The Bertz CT molecular complexity index is 1020. The molecule has 40 heavy (non-hydrogen) atoms. The van der Waals surface area contributed by atoms with Gasteiger partial charge in [0.1, 0.15) is 23.4 Å². The zero-order chi connectivity index (χ0) is 30.0. The highest BCUT2D eigenvalue weighted by molar-refractivity contribution is 5.94. The Morgan fingerprint density at radius 3 is 2.27 bits per heavy atom. The summed E-state index contributed by atoms with van der Waals surface area (Å²) in [5, 5.41) is 15.9. The Labute approximate surface area is 238 Å². The second-order valence-corrected chi connectivity index (χ2v) is 12.3. The van der Waals surface area contributed by atoms with Crippen molar-refractivity contribution in [1.82, 2.24) is 15.5 Å². The van der Waals surface area contributed by atoms with Crippen LogP contribution in [0.2, 0.25) is 0 Å². The first kappa shape index (κ1) is 32.9. The van der Waals surface area contributed by atoms with E-state index in [1.165, 1.54) is 17.0 Å². The predicted molar refractivity (Wildman–Crippen MR) is 153 cm³/mol. The molecule has 5 N–H and O–H groups in total. The zero-order valence-corrected chi connectivity index (χ0v) is 24.9. The van der Waals surface area contributed by atoms with Gasteiger partial charge in [-0.2, -0.15) is 0 Å². The van der Waals surface area contributed by atoms with Crippen LogP contribution in [0.15, 0.2) is 24.3 Å². The number of rotatable bonds is 12. The normalized spacial score (nSPS) is 16.5. The van der Waals surface area contributed by atoms with Gasteiger partial charge in [-0.25, -0.2) is 4.79 Å². The second-order valence-electron chi connectivity index (χ2n) is 12.3. The number of carbonyl (C=O) groups is 4. The van der Waals surface area contributed by atoms with Crippen molar-refractivity contribution in [3.05, 3.63) is 29.8 Å². The fourth-order valence-corrected chi connectivity index (χ4v) is 5.00. The van der Waals surface area contributed by atoms with Crippen LogP contribution in [0.5, 0.6) is 5.75 Å². The fourth-order valence-electron chi connectivity index (χ4n) is 5.00. The highest BCUT2D eigenvalue weighted by atomic mass is 16.6. The van der Waals surface area contributed by atoms with Gasteiger partial charge in [0.15, 0.2) is 0 Å². The molecule has 10 heteroatoms. The van der Waals surface area contributed by atoms with Crippen molar-refractivity contribution in [2.24, 2.45) is 11.7 Å². The third-order valence-corrected chi connectivity index (χ3v) is 6.95. The number of aromatic hydroxyl groups is 1. The molecule has 1 aliphatic carbocycles. The van der Waals surface area contributed by atoms with E-state index < -0.39 is 48.1 Å². The average molecular weight is 561 g/mol. The quantitative estimate of drug-likeness (QED) is 0.299. The number of amides is 4. The minimum absolute atomic E-state index is 0.0229. The third-order valence-electron chi connectivity index (χ3n) is 6.95. The number of carbonyl (C=O) groups excluding carboxylic acids is 4. The maximum Gasteiger partial charge on any atom is 0.408 e. The maximum absolute atomic E-state index is 14.3. The molecule has 1 aromatic rings. The second kappa shape index (κ2) is 14.9. The maximum atomic E-state index is 14.3. The number of phenols is 1. The average Bonchev–Trinajstić information content (AvgIpc) is 2.84. The lowest BCUT2D eigenvalue weighted by atomic mass is 9.93. The van der Waals surface area contributed by atoms with Gasteiger partial charge >= 0.3 is 6.09 Å². The topological polar surface area (TPSA) is 151 Å². The summed E-state index contributed by atoms with van der Waals surface area (Å²) in [6.07, 6.45) is 4.84. The van der Waals surface area contributed by atoms with Crippen molar-refractivity contribution in [2.75, 3.05) is 0 Å². The molecule has 3 unspecified atom stereocenters. The molecular formula is C30H48N4O6. The van der Waals surface area contributed by atoms with Crippen LogP contribution in [0.4, 0.5) is 4.79 Å². The molecule has 0 aliphatic heterocycles. The number of ether oxygens (including phenoxy) is 1. The molecule has 2 rings (SSSR count). The summed E-state index contributed by atoms with van der Waals surface area (Å²) >= 11 is 0. The summed E-state index contributed by atoms with van der Waals surface area (Å²) in [5.74, 6) is -1.50. The number of primary amides is 1. The molecule has 10 nitrogen and oxygen atoms in total. The lowest BCUT2D eigenvalue weighted by molar-refractivity contribution is -0.146. The third kappa shape index (κ3) is 10.7. The molecule has 1 aromatic carbocycles. The number of nitrogens with one attached hydrogen (secondary N) is 2. The van der Waals surface area contributed by atoms with E-state index in [-0.39, 0.29) is 17.7 Å². The van der Waals surface area contributed by atoms with Gasteiger partial charge in [0.2, 0.25) is 17.7 Å². The molecule has 224 valence electrons.